The van der Waals surface area contributed by atoms with Crippen LogP contribution < -0.4 is 0 Å². The second kappa shape index (κ2) is 7.45. The smallest absolute Gasteiger partial charge is 0.390 e. The third-order valence-electron chi connectivity index (χ3n) is 3.38. The minimum absolute atomic E-state index is 0.293. The first-order valence-electron chi connectivity index (χ1n) is 6.88. The van der Waals surface area contributed by atoms with Gasteiger partial charge in [-0.15, -0.1) is 0 Å². The molecule has 114 valence electrons. The van der Waals surface area contributed by atoms with Crippen molar-refractivity contribution in [3.8, 4) is 0 Å². The Balaban J connectivity index is 2.39. The molecule has 1 aliphatic heterocycles. The van der Waals surface area contributed by atoms with Gasteiger partial charge in [0.2, 0.25) is 0 Å². The van der Waals surface area contributed by atoms with Crippen LogP contribution in [0, 0.1) is 5.92 Å². The Morgan fingerprint density at radius 1 is 1.26 bits per heavy atom. The van der Waals surface area contributed by atoms with Crippen molar-refractivity contribution in [2.24, 2.45) is 5.92 Å². The normalized spacial score (nSPS) is 32.5. The van der Waals surface area contributed by atoms with Crippen LogP contribution in [0.3, 0.4) is 0 Å². The Labute approximate surface area is 112 Å². The lowest BCUT2D eigenvalue weighted by Gasteiger charge is -2.38. The first-order chi connectivity index (χ1) is 8.86. The average molecular weight is 284 g/mol. The summed E-state index contributed by atoms with van der Waals surface area (Å²) >= 11 is 0. The molecule has 0 aromatic rings. The maximum atomic E-state index is 12.7. The first-order valence-corrected chi connectivity index (χ1v) is 6.88. The quantitative estimate of drug-likeness (QED) is 0.761. The minimum atomic E-state index is -4.56. The molecule has 3 nitrogen and oxygen atoms in total. The number of unbranched alkanes of at least 4 members (excludes halogenated alkanes) is 3. The lowest BCUT2D eigenvalue weighted by Crippen LogP contribution is -2.52. The van der Waals surface area contributed by atoms with E-state index in [1.54, 1.807) is 6.92 Å². The van der Waals surface area contributed by atoms with Crippen molar-refractivity contribution < 1.29 is 27.8 Å². The van der Waals surface area contributed by atoms with E-state index in [0.717, 1.165) is 25.7 Å². The molecule has 0 radical (unpaired) electrons. The van der Waals surface area contributed by atoms with Gasteiger partial charge in [-0.1, -0.05) is 33.1 Å². The zero-order valence-electron chi connectivity index (χ0n) is 11.4. The Morgan fingerprint density at radius 3 is 2.53 bits per heavy atom. The largest absolute Gasteiger partial charge is 0.417 e. The molecule has 19 heavy (non-hydrogen) atoms. The molecule has 1 fully saturated rings. The number of ether oxygens (including phenoxy) is 2. The maximum Gasteiger partial charge on any atom is 0.417 e. The summed E-state index contributed by atoms with van der Waals surface area (Å²) in [4.78, 5) is 0. The van der Waals surface area contributed by atoms with E-state index in [2.05, 4.69) is 6.92 Å². The highest BCUT2D eigenvalue weighted by molar-refractivity contribution is 4.85. The van der Waals surface area contributed by atoms with Crippen LogP contribution in [0.15, 0.2) is 0 Å². The maximum absolute atomic E-state index is 12.7. The Morgan fingerprint density at radius 2 is 1.95 bits per heavy atom. The van der Waals surface area contributed by atoms with Crippen molar-refractivity contribution in [3.05, 3.63) is 0 Å². The average Bonchev–Trinajstić information content (AvgIpc) is 2.31. The van der Waals surface area contributed by atoms with Gasteiger partial charge in [0, 0.05) is 13.0 Å². The molecule has 0 aromatic carbocycles. The molecule has 1 saturated heterocycles. The van der Waals surface area contributed by atoms with Crippen LogP contribution in [-0.4, -0.2) is 36.4 Å². The number of halogens is 3. The van der Waals surface area contributed by atoms with E-state index < -0.39 is 30.6 Å². The van der Waals surface area contributed by atoms with Crippen LogP contribution in [0.1, 0.15) is 46.0 Å². The zero-order valence-corrected chi connectivity index (χ0v) is 11.4. The van der Waals surface area contributed by atoms with Gasteiger partial charge in [0.1, 0.15) is 0 Å². The van der Waals surface area contributed by atoms with E-state index in [1.807, 2.05) is 0 Å². The van der Waals surface area contributed by atoms with Crippen LogP contribution in [0.4, 0.5) is 13.2 Å². The zero-order chi connectivity index (χ0) is 14.5. The van der Waals surface area contributed by atoms with Crippen LogP contribution in [0.5, 0.6) is 0 Å². The molecule has 4 atom stereocenters. The highest BCUT2D eigenvalue weighted by atomic mass is 19.4. The molecule has 6 heteroatoms. The summed E-state index contributed by atoms with van der Waals surface area (Å²) < 4.78 is 48.2. The van der Waals surface area contributed by atoms with Crippen LogP contribution in [0.2, 0.25) is 0 Å². The second-order valence-corrected chi connectivity index (χ2v) is 5.16. The molecule has 1 N–H and O–H groups in total. The van der Waals surface area contributed by atoms with Gasteiger partial charge in [-0.3, -0.25) is 0 Å². The third kappa shape index (κ3) is 5.28. The summed E-state index contributed by atoms with van der Waals surface area (Å²) in [5, 5.41) is 9.53. The van der Waals surface area contributed by atoms with Gasteiger partial charge in [-0.2, -0.15) is 13.2 Å². The Hall–Kier alpha value is -0.330. The molecule has 1 rings (SSSR count). The number of hydrogen-bond acceptors (Lipinski definition) is 3. The minimum Gasteiger partial charge on any atom is -0.390 e. The SMILES string of the molecule is CCCCCCO[C@@H]1C[C@H](C)[C@H](O)[C@@H](C(F)(F)F)O1. The van der Waals surface area contributed by atoms with Crippen LogP contribution in [0.25, 0.3) is 0 Å². The summed E-state index contributed by atoms with van der Waals surface area (Å²) in [6.07, 6.45) is -4.78. The highest BCUT2D eigenvalue weighted by Crippen LogP contribution is 2.35. The number of aliphatic hydroxyl groups is 1. The highest BCUT2D eigenvalue weighted by Gasteiger charge is 2.51. The van der Waals surface area contributed by atoms with Gasteiger partial charge in [-0.25, -0.2) is 0 Å². The van der Waals surface area contributed by atoms with Crippen molar-refractivity contribution in [1.29, 1.82) is 0 Å². The van der Waals surface area contributed by atoms with Crippen molar-refractivity contribution in [2.75, 3.05) is 6.61 Å². The molecule has 0 aromatic heterocycles. The van der Waals surface area contributed by atoms with E-state index in [1.165, 1.54) is 0 Å². The van der Waals surface area contributed by atoms with Gasteiger partial charge in [-0.05, 0) is 12.3 Å². The summed E-state index contributed by atoms with van der Waals surface area (Å²) in [6, 6.07) is 0. The van der Waals surface area contributed by atoms with E-state index in [4.69, 9.17) is 9.47 Å². The fourth-order valence-corrected chi connectivity index (χ4v) is 2.16. The number of hydrogen-bond donors (Lipinski definition) is 1. The predicted molar refractivity (Wildman–Crippen MR) is 64.6 cm³/mol. The predicted octanol–water partition coefficient (Wildman–Crippen LogP) is 3.26. The lowest BCUT2D eigenvalue weighted by molar-refractivity contribution is -0.321. The van der Waals surface area contributed by atoms with Crippen LogP contribution >= 0.6 is 0 Å². The van der Waals surface area contributed by atoms with E-state index in [0.29, 0.717) is 13.0 Å². The molecule has 0 saturated carbocycles. The van der Waals surface area contributed by atoms with E-state index in [9.17, 15) is 18.3 Å². The third-order valence-corrected chi connectivity index (χ3v) is 3.38. The van der Waals surface area contributed by atoms with Gasteiger partial charge in [0.05, 0.1) is 6.10 Å². The summed E-state index contributed by atoms with van der Waals surface area (Å²) in [7, 11) is 0. The van der Waals surface area contributed by atoms with Crippen molar-refractivity contribution in [1.82, 2.24) is 0 Å². The summed E-state index contributed by atoms with van der Waals surface area (Å²) in [5.41, 5.74) is 0. The molecule has 1 aliphatic rings. The molecule has 0 unspecified atom stereocenters. The topological polar surface area (TPSA) is 38.7 Å². The Kier molecular flexibility index (Phi) is 6.56. The monoisotopic (exact) mass is 284 g/mol. The fraction of sp³-hybridized carbons (Fsp3) is 1.00. The molecule has 0 aliphatic carbocycles. The molecular weight excluding hydrogens is 261 g/mol. The lowest BCUT2D eigenvalue weighted by atomic mass is 9.93. The van der Waals surface area contributed by atoms with Crippen LogP contribution in [-0.2, 0) is 9.47 Å². The van der Waals surface area contributed by atoms with E-state index in [-0.39, 0.29) is 0 Å². The van der Waals surface area contributed by atoms with E-state index >= 15 is 0 Å². The van der Waals surface area contributed by atoms with Gasteiger partial charge in [0.15, 0.2) is 12.4 Å². The Bertz CT molecular complexity index is 258. The molecule has 0 bridgehead atoms. The summed E-state index contributed by atoms with van der Waals surface area (Å²) in [5.74, 6) is -0.485. The number of rotatable bonds is 6. The summed E-state index contributed by atoms with van der Waals surface area (Å²) in [6.45, 7) is 4.07. The van der Waals surface area contributed by atoms with Gasteiger partial charge in [0.25, 0.3) is 0 Å². The van der Waals surface area contributed by atoms with Crippen molar-refractivity contribution in [2.45, 2.75) is 70.6 Å². The number of aliphatic hydroxyl groups excluding tert-OH is 1. The molecule has 0 spiro atoms. The first kappa shape index (κ1) is 16.7. The molecular formula is C13H23F3O3. The second-order valence-electron chi connectivity index (χ2n) is 5.16. The number of alkyl halides is 3. The fourth-order valence-electron chi connectivity index (χ4n) is 2.16. The molecule has 0 amide bonds. The molecule has 1 heterocycles. The standard InChI is InChI=1S/C13H23F3O3/c1-3-4-5-6-7-18-10-8-9(2)11(17)12(19-10)13(14,15)16/h9-12,17H,3-8H2,1-2H3/t9-,10-,11-,12-/m0/s1. The van der Waals surface area contributed by atoms with Gasteiger partial charge >= 0.3 is 6.18 Å². The van der Waals surface area contributed by atoms with Crippen molar-refractivity contribution in [3.63, 3.8) is 0 Å². The van der Waals surface area contributed by atoms with Crippen molar-refractivity contribution >= 4 is 0 Å². The van der Waals surface area contributed by atoms with Gasteiger partial charge < -0.3 is 14.6 Å².